The molecule has 0 aliphatic carbocycles. The molecule has 1 aliphatic rings. The zero-order valence-corrected chi connectivity index (χ0v) is 21.1. The molecule has 11 nitrogen and oxygen atoms in total. The summed E-state index contributed by atoms with van der Waals surface area (Å²) in [7, 11) is 0. The third-order valence-corrected chi connectivity index (χ3v) is 6.32. The smallest absolute Gasteiger partial charge is 0.465 e. The monoisotopic (exact) mass is 556 g/mol. The molecular weight excluding hydrogens is 533 g/mol. The SMILES string of the molecule is Cc1cc(-c2nc(-c3ccc(OC(F)(F)F)cc3)no2)nn1Cc1cccc(C(=O)N2CCN(C(=O)O)CC2)c1. The molecule has 1 aliphatic heterocycles. The van der Waals surface area contributed by atoms with E-state index in [1.165, 1.54) is 17.0 Å². The van der Waals surface area contributed by atoms with Crippen molar-refractivity contribution in [3.05, 3.63) is 71.4 Å². The molecular formula is C26H23F3N6O5. The molecule has 208 valence electrons. The molecule has 0 radical (unpaired) electrons. The van der Waals surface area contributed by atoms with Gasteiger partial charge in [-0.15, -0.1) is 13.2 Å². The summed E-state index contributed by atoms with van der Waals surface area (Å²) in [6.07, 6.45) is -5.78. The van der Waals surface area contributed by atoms with Crippen molar-refractivity contribution in [1.82, 2.24) is 29.7 Å². The molecule has 2 aromatic carbocycles. The number of piperazine rings is 1. The van der Waals surface area contributed by atoms with Crippen molar-refractivity contribution >= 4 is 12.0 Å². The van der Waals surface area contributed by atoms with E-state index in [0.29, 0.717) is 36.5 Å². The van der Waals surface area contributed by atoms with Crippen LogP contribution in [-0.2, 0) is 6.54 Å². The van der Waals surface area contributed by atoms with E-state index >= 15 is 0 Å². The molecule has 1 saturated heterocycles. The van der Waals surface area contributed by atoms with Gasteiger partial charge in [-0.1, -0.05) is 17.3 Å². The number of ether oxygens (including phenoxy) is 1. The quantitative estimate of drug-likeness (QED) is 0.373. The maximum atomic E-state index is 13.0. The Labute approximate surface area is 225 Å². The van der Waals surface area contributed by atoms with Crippen LogP contribution in [0.1, 0.15) is 21.6 Å². The molecule has 2 amide bonds. The molecule has 0 spiro atoms. The minimum absolute atomic E-state index is 0.136. The molecule has 1 fully saturated rings. The molecule has 0 bridgehead atoms. The van der Waals surface area contributed by atoms with Gasteiger partial charge in [-0.2, -0.15) is 10.1 Å². The molecule has 5 rings (SSSR count). The van der Waals surface area contributed by atoms with Gasteiger partial charge >= 0.3 is 12.5 Å². The Bertz CT molecular complexity index is 1520. The first-order valence-electron chi connectivity index (χ1n) is 12.2. The van der Waals surface area contributed by atoms with Crippen LogP contribution in [0.5, 0.6) is 5.75 Å². The average molecular weight is 557 g/mol. The zero-order valence-electron chi connectivity index (χ0n) is 21.1. The first-order valence-corrected chi connectivity index (χ1v) is 12.2. The number of hydrogen-bond donors (Lipinski definition) is 1. The number of alkyl halides is 3. The molecule has 4 aromatic rings. The van der Waals surface area contributed by atoms with Gasteiger partial charge in [0, 0.05) is 43.0 Å². The van der Waals surface area contributed by atoms with Crippen molar-refractivity contribution in [2.45, 2.75) is 19.8 Å². The van der Waals surface area contributed by atoms with E-state index in [0.717, 1.165) is 23.4 Å². The van der Waals surface area contributed by atoms with Gasteiger partial charge in [0.25, 0.3) is 11.8 Å². The van der Waals surface area contributed by atoms with Crippen LogP contribution in [0.4, 0.5) is 18.0 Å². The number of amides is 2. The summed E-state index contributed by atoms with van der Waals surface area (Å²) >= 11 is 0. The Morgan fingerprint density at radius 2 is 1.73 bits per heavy atom. The minimum Gasteiger partial charge on any atom is -0.465 e. The lowest BCUT2D eigenvalue weighted by Gasteiger charge is -2.33. The Kier molecular flexibility index (Phi) is 7.15. The molecule has 14 heteroatoms. The van der Waals surface area contributed by atoms with Crippen LogP contribution in [0, 0.1) is 6.92 Å². The highest BCUT2D eigenvalue weighted by molar-refractivity contribution is 5.94. The van der Waals surface area contributed by atoms with Crippen LogP contribution in [0.15, 0.2) is 59.1 Å². The summed E-state index contributed by atoms with van der Waals surface area (Å²) in [5.74, 6) is -0.213. The van der Waals surface area contributed by atoms with Gasteiger partial charge in [-0.05, 0) is 55.0 Å². The third-order valence-electron chi connectivity index (χ3n) is 6.32. The van der Waals surface area contributed by atoms with Gasteiger partial charge in [0.1, 0.15) is 5.75 Å². The Morgan fingerprint density at radius 1 is 1.02 bits per heavy atom. The summed E-state index contributed by atoms with van der Waals surface area (Å²) in [6, 6.07) is 14.0. The lowest BCUT2D eigenvalue weighted by atomic mass is 10.1. The predicted octanol–water partition coefficient (Wildman–Crippen LogP) is 4.29. The van der Waals surface area contributed by atoms with Crippen molar-refractivity contribution in [2.75, 3.05) is 26.2 Å². The number of benzene rings is 2. The second-order valence-electron chi connectivity index (χ2n) is 9.09. The minimum atomic E-state index is -4.78. The van der Waals surface area contributed by atoms with E-state index in [-0.39, 0.29) is 36.5 Å². The molecule has 0 atom stereocenters. The second kappa shape index (κ2) is 10.7. The van der Waals surface area contributed by atoms with Crippen molar-refractivity contribution < 1.29 is 37.1 Å². The number of carbonyl (C=O) groups is 2. The fraction of sp³-hybridized carbons (Fsp3) is 0.269. The van der Waals surface area contributed by atoms with E-state index in [2.05, 4.69) is 20.0 Å². The highest BCUT2D eigenvalue weighted by atomic mass is 19.4. The van der Waals surface area contributed by atoms with Crippen molar-refractivity contribution in [1.29, 1.82) is 0 Å². The summed E-state index contributed by atoms with van der Waals surface area (Å²) in [6.45, 7) is 3.41. The number of carbonyl (C=O) groups excluding carboxylic acids is 1. The molecule has 2 aromatic heterocycles. The van der Waals surface area contributed by atoms with Crippen LogP contribution in [0.3, 0.4) is 0 Å². The van der Waals surface area contributed by atoms with Crippen LogP contribution in [0.2, 0.25) is 0 Å². The number of halogens is 3. The van der Waals surface area contributed by atoms with Gasteiger partial charge in [0.15, 0.2) is 5.69 Å². The number of rotatable bonds is 6. The van der Waals surface area contributed by atoms with E-state index in [1.807, 2.05) is 13.0 Å². The molecule has 0 unspecified atom stereocenters. The fourth-order valence-corrected chi connectivity index (χ4v) is 4.28. The van der Waals surface area contributed by atoms with Crippen LogP contribution >= 0.6 is 0 Å². The predicted molar refractivity (Wildman–Crippen MR) is 133 cm³/mol. The van der Waals surface area contributed by atoms with Gasteiger partial charge in [0.2, 0.25) is 5.82 Å². The van der Waals surface area contributed by atoms with Crippen molar-refractivity contribution in [3.8, 4) is 28.7 Å². The number of carboxylic acid groups (broad SMARTS) is 1. The average Bonchev–Trinajstić information content (AvgIpc) is 3.55. The molecule has 40 heavy (non-hydrogen) atoms. The summed E-state index contributed by atoms with van der Waals surface area (Å²) in [5, 5.41) is 17.6. The van der Waals surface area contributed by atoms with E-state index in [4.69, 9.17) is 9.63 Å². The first-order chi connectivity index (χ1) is 19.1. The largest absolute Gasteiger partial charge is 0.573 e. The second-order valence-corrected chi connectivity index (χ2v) is 9.09. The fourth-order valence-electron chi connectivity index (χ4n) is 4.28. The number of aromatic nitrogens is 4. The van der Waals surface area contributed by atoms with E-state index < -0.39 is 12.5 Å². The highest BCUT2D eigenvalue weighted by Gasteiger charge is 2.31. The number of hydrogen-bond acceptors (Lipinski definition) is 7. The summed E-state index contributed by atoms with van der Waals surface area (Å²) < 4.78 is 48.1. The molecule has 1 N–H and O–H groups in total. The van der Waals surface area contributed by atoms with Gasteiger partial charge < -0.3 is 24.2 Å². The Balaban J connectivity index is 1.26. The molecule has 0 saturated carbocycles. The lowest BCUT2D eigenvalue weighted by molar-refractivity contribution is -0.274. The normalized spacial score (nSPS) is 13.9. The van der Waals surface area contributed by atoms with Crippen LogP contribution in [-0.4, -0.2) is 79.4 Å². The van der Waals surface area contributed by atoms with Gasteiger partial charge in [-0.3, -0.25) is 9.48 Å². The van der Waals surface area contributed by atoms with Crippen LogP contribution in [0.25, 0.3) is 23.0 Å². The number of nitrogens with zero attached hydrogens (tertiary/aromatic N) is 6. The van der Waals surface area contributed by atoms with Crippen molar-refractivity contribution in [2.24, 2.45) is 0 Å². The molecule has 3 heterocycles. The lowest BCUT2D eigenvalue weighted by Crippen LogP contribution is -2.50. The maximum Gasteiger partial charge on any atom is 0.573 e. The van der Waals surface area contributed by atoms with Crippen molar-refractivity contribution in [3.63, 3.8) is 0 Å². The summed E-state index contributed by atoms with van der Waals surface area (Å²) in [5.41, 5.74) is 2.98. The highest BCUT2D eigenvalue weighted by Crippen LogP contribution is 2.27. The Morgan fingerprint density at radius 3 is 2.40 bits per heavy atom. The summed E-state index contributed by atoms with van der Waals surface area (Å²) in [4.78, 5) is 31.3. The van der Waals surface area contributed by atoms with Gasteiger partial charge in [0.05, 0.1) is 6.54 Å². The maximum absolute atomic E-state index is 13.0. The first kappa shape index (κ1) is 26.7. The van der Waals surface area contributed by atoms with Crippen LogP contribution < -0.4 is 4.74 Å². The van der Waals surface area contributed by atoms with E-state index in [1.54, 1.807) is 33.8 Å². The van der Waals surface area contributed by atoms with Gasteiger partial charge in [-0.25, -0.2) is 4.79 Å². The third kappa shape index (κ3) is 6.06. The topological polar surface area (TPSA) is 127 Å². The Hall–Kier alpha value is -4.88. The zero-order chi connectivity index (χ0) is 28.4. The number of aryl methyl sites for hydroxylation is 1. The standard InChI is InChI=1S/C26H23F3N6O5/c1-16-13-21(23-30-22(32-40-23)18-5-7-20(8-6-18)39-26(27,28)29)31-35(16)15-17-3-2-4-19(14-17)24(36)33-9-11-34(12-10-33)25(37)38/h2-8,13-14H,9-12,15H2,1H3,(H,37,38). The van der Waals surface area contributed by atoms with E-state index in [9.17, 15) is 22.8 Å².